The molecule has 0 radical (unpaired) electrons. The number of hydrogen-bond donors (Lipinski definition) is 1. The first-order chi connectivity index (χ1) is 7.04. The maximum absolute atomic E-state index is 5.74. The highest BCUT2D eigenvalue weighted by atomic mass is 15.2. The Morgan fingerprint density at radius 3 is 2.47 bits per heavy atom. The number of nitrogens with zero attached hydrogens (tertiary/aromatic N) is 2. The van der Waals surface area contributed by atoms with Crippen molar-refractivity contribution in [3.05, 3.63) is 0 Å². The molecule has 0 aromatic carbocycles. The Morgan fingerprint density at radius 2 is 2.07 bits per heavy atom. The van der Waals surface area contributed by atoms with Crippen molar-refractivity contribution < 1.29 is 0 Å². The number of likely N-dealkylation sites (N-methyl/N-ethyl adjacent to an activating group) is 1. The zero-order chi connectivity index (χ0) is 11.4. The quantitative estimate of drug-likeness (QED) is 0.735. The van der Waals surface area contributed by atoms with E-state index in [1.165, 1.54) is 19.5 Å². The molecule has 3 heteroatoms. The summed E-state index contributed by atoms with van der Waals surface area (Å²) in [4.78, 5) is 4.92. The molecule has 0 saturated carbocycles. The van der Waals surface area contributed by atoms with E-state index >= 15 is 0 Å². The normalized spacial score (nSPS) is 25.4. The first kappa shape index (κ1) is 12.9. The lowest BCUT2D eigenvalue weighted by molar-refractivity contribution is 0.148. The highest BCUT2D eigenvalue weighted by Gasteiger charge is 2.29. The SMILES string of the molecule is CC(C)C(CN(C)C)N1CCC(CN)C1. The molecule has 0 aromatic heterocycles. The lowest BCUT2D eigenvalue weighted by Crippen LogP contribution is -2.44. The number of nitrogens with two attached hydrogens (primary N) is 1. The Bertz CT molecular complexity index is 180. The van der Waals surface area contributed by atoms with Crippen molar-refractivity contribution in [2.75, 3.05) is 40.3 Å². The molecule has 2 atom stereocenters. The van der Waals surface area contributed by atoms with Crippen LogP contribution >= 0.6 is 0 Å². The second kappa shape index (κ2) is 5.83. The standard InChI is InChI=1S/C12H27N3/c1-10(2)12(9-14(3)4)15-6-5-11(7-13)8-15/h10-12H,5-9,13H2,1-4H3. The fourth-order valence-corrected chi connectivity index (χ4v) is 2.48. The van der Waals surface area contributed by atoms with Crippen LogP contribution in [0.15, 0.2) is 0 Å². The third-order valence-corrected chi connectivity index (χ3v) is 3.44. The Morgan fingerprint density at radius 1 is 1.40 bits per heavy atom. The predicted octanol–water partition coefficient (Wildman–Crippen LogP) is 0.853. The second-order valence-electron chi connectivity index (χ2n) is 5.46. The summed E-state index contributed by atoms with van der Waals surface area (Å²) in [5.41, 5.74) is 5.74. The van der Waals surface area contributed by atoms with Crippen molar-refractivity contribution in [1.82, 2.24) is 9.80 Å². The summed E-state index contributed by atoms with van der Waals surface area (Å²) in [5.74, 6) is 1.46. The molecular weight excluding hydrogens is 186 g/mol. The summed E-state index contributed by atoms with van der Waals surface area (Å²) in [5, 5.41) is 0. The molecule has 2 unspecified atom stereocenters. The smallest absolute Gasteiger partial charge is 0.0246 e. The lowest BCUT2D eigenvalue weighted by atomic mass is 10.0. The molecule has 1 aliphatic rings. The van der Waals surface area contributed by atoms with Crippen molar-refractivity contribution >= 4 is 0 Å². The van der Waals surface area contributed by atoms with E-state index < -0.39 is 0 Å². The topological polar surface area (TPSA) is 32.5 Å². The molecule has 0 aromatic rings. The van der Waals surface area contributed by atoms with Gasteiger partial charge in [-0.3, -0.25) is 4.90 Å². The minimum Gasteiger partial charge on any atom is -0.330 e. The highest BCUT2D eigenvalue weighted by molar-refractivity contribution is 4.84. The Hall–Kier alpha value is -0.120. The molecular formula is C12H27N3. The summed E-state index contributed by atoms with van der Waals surface area (Å²) in [6.45, 7) is 9.10. The molecule has 1 heterocycles. The van der Waals surface area contributed by atoms with Crippen LogP contribution in [0.4, 0.5) is 0 Å². The zero-order valence-corrected chi connectivity index (χ0v) is 10.7. The summed E-state index contributed by atoms with van der Waals surface area (Å²) >= 11 is 0. The fourth-order valence-electron chi connectivity index (χ4n) is 2.48. The fraction of sp³-hybridized carbons (Fsp3) is 1.00. The molecule has 3 nitrogen and oxygen atoms in total. The maximum Gasteiger partial charge on any atom is 0.0246 e. The Kier molecular flexibility index (Phi) is 5.03. The van der Waals surface area contributed by atoms with Crippen LogP contribution in [0.2, 0.25) is 0 Å². The van der Waals surface area contributed by atoms with E-state index in [4.69, 9.17) is 5.73 Å². The van der Waals surface area contributed by atoms with Crippen molar-refractivity contribution in [3.8, 4) is 0 Å². The molecule has 15 heavy (non-hydrogen) atoms. The van der Waals surface area contributed by atoms with Gasteiger partial charge in [0.25, 0.3) is 0 Å². The zero-order valence-electron chi connectivity index (χ0n) is 10.7. The maximum atomic E-state index is 5.74. The minimum atomic E-state index is 0.691. The van der Waals surface area contributed by atoms with Crippen molar-refractivity contribution in [2.24, 2.45) is 17.6 Å². The van der Waals surface area contributed by atoms with Gasteiger partial charge in [-0.1, -0.05) is 13.8 Å². The molecule has 1 saturated heterocycles. The first-order valence-corrected chi connectivity index (χ1v) is 6.13. The van der Waals surface area contributed by atoms with Crippen molar-refractivity contribution in [3.63, 3.8) is 0 Å². The van der Waals surface area contributed by atoms with Gasteiger partial charge in [0, 0.05) is 19.1 Å². The molecule has 0 aliphatic carbocycles. The average molecular weight is 213 g/mol. The number of likely N-dealkylation sites (tertiary alicyclic amines) is 1. The van der Waals surface area contributed by atoms with Crippen molar-refractivity contribution in [1.29, 1.82) is 0 Å². The van der Waals surface area contributed by atoms with E-state index in [-0.39, 0.29) is 0 Å². The number of rotatable bonds is 5. The van der Waals surface area contributed by atoms with Gasteiger partial charge in [0.2, 0.25) is 0 Å². The van der Waals surface area contributed by atoms with Crippen LogP contribution in [0.5, 0.6) is 0 Å². The molecule has 1 aliphatic heterocycles. The first-order valence-electron chi connectivity index (χ1n) is 6.13. The number of hydrogen-bond acceptors (Lipinski definition) is 3. The molecule has 1 rings (SSSR count). The van der Waals surface area contributed by atoms with Gasteiger partial charge in [-0.05, 0) is 45.4 Å². The molecule has 0 bridgehead atoms. The summed E-state index contributed by atoms with van der Waals surface area (Å²) in [6, 6.07) is 0.691. The van der Waals surface area contributed by atoms with E-state index in [0.29, 0.717) is 6.04 Å². The van der Waals surface area contributed by atoms with Crippen LogP contribution in [0, 0.1) is 11.8 Å². The van der Waals surface area contributed by atoms with Gasteiger partial charge in [-0.25, -0.2) is 0 Å². The molecule has 1 fully saturated rings. The third kappa shape index (κ3) is 3.74. The van der Waals surface area contributed by atoms with Crippen LogP contribution in [0.25, 0.3) is 0 Å². The van der Waals surface area contributed by atoms with Crippen LogP contribution < -0.4 is 5.73 Å². The predicted molar refractivity (Wildman–Crippen MR) is 65.9 cm³/mol. The molecule has 0 amide bonds. The van der Waals surface area contributed by atoms with Crippen molar-refractivity contribution in [2.45, 2.75) is 26.3 Å². The van der Waals surface area contributed by atoms with E-state index in [9.17, 15) is 0 Å². The van der Waals surface area contributed by atoms with Gasteiger partial charge in [-0.2, -0.15) is 0 Å². The van der Waals surface area contributed by atoms with E-state index in [2.05, 4.69) is 37.7 Å². The molecule has 2 N–H and O–H groups in total. The Balaban J connectivity index is 2.50. The van der Waals surface area contributed by atoms with Crippen LogP contribution in [-0.2, 0) is 0 Å². The largest absolute Gasteiger partial charge is 0.330 e. The van der Waals surface area contributed by atoms with E-state index in [1.807, 2.05) is 0 Å². The second-order valence-corrected chi connectivity index (χ2v) is 5.46. The summed E-state index contributed by atoms with van der Waals surface area (Å²) in [7, 11) is 4.32. The molecule has 0 spiro atoms. The van der Waals surface area contributed by atoms with Gasteiger partial charge < -0.3 is 10.6 Å². The van der Waals surface area contributed by atoms with Gasteiger partial charge in [0.05, 0.1) is 0 Å². The van der Waals surface area contributed by atoms with Gasteiger partial charge >= 0.3 is 0 Å². The third-order valence-electron chi connectivity index (χ3n) is 3.44. The van der Waals surface area contributed by atoms with E-state index in [0.717, 1.165) is 24.9 Å². The van der Waals surface area contributed by atoms with Gasteiger partial charge in [0.15, 0.2) is 0 Å². The minimum absolute atomic E-state index is 0.691. The summed E-state index contributed by atoms with van der Waals surface area (Å²) < 4.78 is 0. The monoisotopic (exact) mass is 213 g/mol. The highest BCUT2D eigenvalue weighted by Crippen LogP contribution is 2.21. The van der Waals surface area contributed by atoms with E-state index in [1.54, 1.807) is 0 Å². The van der Waals surface area contributed by atoms with Gasteiger partial charge in [0.1, 0.15) is 0 Å². The average Bonchev–Trinajstić information content (AvgIpc) is 2.61. The van der Waals surface area contributed by atoms with Crippen LogP contribution in [-0.4, -0.2) is 56.1 Å². The van der Waals surface area contributed by atoms with Crippen LogP contribution in [0.3, 0.4) is 0 Å². The Labute approximate surface area is 94.6 Å². The van der Waals surface area contributed by atoms with Gasteiger partial charge in [-0.15, -0.1) is 0 Å². The lowest BCUT2D eigenvalue weighted by Gasteiger charge is -2.33. The summed E-state index contributed by atoms with van der Waals surface area (Å²) in [6.07, 6.45) is 1.28. The molecule has 90 valence electrons. The van der Waals surface area contributed by atoms with Crippen LogP contribution in [0.1, 0.15) is 20.3 Å².